The number of aliphatic hydroxyl groups is 2. The summed E-state index contributed by atoms with van der Waals surface area (Å²) in [4.78, 5) is 0. The molecule has 0 fully saturated rings. The maximum atomic E-state index is 9.60. The Bertz CT molecular complexity index is 1810. The summed E-state index contributed by atoms with van der Waals surface area (Å²) < 4.78 is 12.2. The standard InChI is InChI=1S/C42H36O4/c43-23-25-45-40-21-19-34(28-36(40)30-11-3-1-4-12-30)42(38-17-9-7-15-32(38)27-33-16-8-10-18-39(33)42)35-20-22-41(46-26-24-44)37(29-35)31-13-5-2-6-14-31/h1-22,28-29,43-44H,23-27H2. The maximum absolute atomic E-state index is 9.60. The van der Waals surface area contributed by atoms with Crippen LogP contribution in [0.4, 0.5) is 0 Å². The van der Waals surface area contributed by atoms with Gasteiger partial charge in [0.05, 0.1) is 18.6 Å². The summed E-state index contributed by atoms with van der Waals surface area (Å²) in [5.41, 5.74) is 10.6. The monoisotopic (exact) mass is 604 g/mol. The normalized spacial score (nSPS) is 13.0. The highest BCUT2D eigenvalue weighted by Crippen LogP contribution is 2.53. The molecule has 1 aliphatic carbocycles. The zero-order valence-electron chi connectivity index (χ0n) is 25.6. The minimum atomic E-state index is -0.663. The van der Waals surface area contributed by atoms with Gasteiger partial charge >= 0.3 is 0 Å². The number of rotatable bonds is 10. The molecule has 0 bridgehead atoms. The second kappa shape index (κ2) is 13.1. The summed E-state index contributed by atoms with van der Waals surface area (Å²) in [6.45, 7) is 0.304. The molecular formula is C42H36O4. The number of benzene rings is 6. The highest BCUT2D eigenvalue weighted by atomic mass is 16.5. The van der Waals surface area contributed by atoms with Gasteiger partial charge in [-0.2, -0.15) is 0 Å². The van der Waals surface area contributed by atoms with Crippen LogP contribution in [-0.2, 0) is 11.8 Å². The van der Waals surface area contributed by atoms with E-state index in [1.807, 2.05) is 48.5 Å². The van der Waals surface area contributed by atoms with Crippen LogP contribution in [0.25, 0.3) is 22.3 Å². The van der Waals surface area contributed by atoms with Crippen LogP contribution in [0.3, 0.4) is 0 Å². The van der Waals surface area contributed by atoms with Gasteiger partial charge in [-0.1, -0.05) is 121 Å². The fourth-order valence-corrected chi connectivity index (χ4v) is 7.00. The molecule has 4 nitrogen and oxygen atoms in total. The molecule has 0 aliphatic heterocycles. The van der Waals surface area contributed by atoms with Gasteiger partial charge in [-0.05, 0) is 75.2 Å². The van der Waals surface area contributed by atoms with Crippen LogP contribution in [0.1, 0.15) is 33.4 Å². The first kappa shape index (κ1) is 29.5. The van der Waals surface area contributed by atoms with Crippen LogP contribution >= 0.6 is 0 Å². The average molecular weight is 605 g/mol. The van der Waals surface area contributed by atoms with Gasteiger partial charge in [0.15, 0.2) is 0 Å². The number of hydrogen-bond acceptors (Lipinski definition) is 4. The van der Waals surface area contributed by atoms with Crippen LogP contribution in [-0.4, -0.2) is 36.6 Å². The van der Waals surface area contributed by atoms with Crippen molar-refractivity contribution in [3.8, 4) is 33.8 Å². The number of hydrogen-bond donors (Lipinski definition) is 2. The molecule has 0 unspecified atom stereocenters. The number of fused-ring (bicyclic) bond motifs is 2. The first-order chi connectivity index (χ1) is 22.7. The van der Waals surface area contributed by atoms with Crippen molar-refractivity contribution in [2.24, 2.45) is 0 Å². The molecule has 0 radical (unpaired) electrons. The van der Waals surface area contributed by atoms with E-state index in [9.17, 15) is 10.2 Å². The Labute approximate surface area is 270 Å². The fraction of sp³-hybridized carbons (Fsp3) is 0.143. The number of ether oxygens (including phenoxy) is 2. The molecule has 0 spiro atoms. The van der Waals surface area contributed by atoms with Crippen molar-refractivity contribution in [3.05, 3.63) is 179 Å². The van der Waals surface area contributed by atoms with E-state index >= 15 is 0 Å². The van der Waals surface area contributed by atoms with Gasteiger partial charge in [-0.15, -0.1) is 0 Å². The van der Waals surface area contributed by atoms with Crippen LogP contribution < -0.4 is 9.47 Å². The Hall–Kier alpha value is -5.16. The van der Waals surface area contributed by atoms with E-state index in [4.69, 9.17) is 9.47 Å². The molecule has 4 heteroatoms. The Morgan fingerprint density at radius 3 is 1.33 bits per heavy atom. The predicted octanol–water partition coefficient (Wildman–Crippen LogP) is 8.05. The number of aliphatic hydroxyl groups excluding tert-OH is 2. The lowest BCUT2D eigenvalue weighted by atomic mass is 9.59. The molecule has 228 valence electrons. The lowest BCUT2D eigenvalue weighted by molar-refractivity contribution is 0.202. The van der Waals surface area contributed by atoms with Crippen molar-refractivity contribution in [2.75, 3.05) is 26.4 Å². The van der Waals surface area contributed by atoms with Crippen LogP contribution in [0.15, 0.2) is 146 Å². The molecule has 0 atom stereocenters. The molecule has 7 rings (SSSR count). The second-order valence-electron chi connectivity index (χ2n) is 11.5. The summed E-state index contributed by atoms with van der Waals surface area (Å²) in [7, 11) is 0. The smallest absolute Gasteiger partial charge is 0.127 e. The van der Waals surface area contributed by atoms with E-state index in [1.165, 1.54) is 22.3 Å². The van der Waals surface area contributed by atoms with Crippen molar-refractivity contribution in [1.29, 1.82) is 0 Å². The Morgan fingerprint density at radius 2 is 0.891 bits per heavy atom. The van der Waals surface area contributed by atoms with E-state index < -0.39 is 5.41 Å². The second-order valence-corrected chi connectivity index (χ2v) is 11.5. The third-order valence-corrected chi connectivity index (χ3v) is 8.92. The van der Waals surface area contributed by atoms with E-state index in [-0.39, 0.29) is 26.4 Å². The van der Waals surface area contributed by atoms with Gasteiger partial charge < -0.3 is 19.7 Å². The van der Waals surface area contributed by atoms with Gasteiger partial charge in [0.25, 0.3) is 0 Å². The van der Waals surface area contributed by atoms with Crippen molar-refractivity contribution in [1.82, 2.24) is 0 Å². The summed E-state index contributed by atoms with van der Waals surface area (Å²) in [5.74, 6) is 1.46. The van der Waals surface area contributed by atoms with Crippen molar-refractivity contribution in [3.63, 3.8) is 0 Å². The van der Waals surface area contributed by atoms with E-state index in [1.54, 1.807) is 0 Å². The van der Waals surface area contributed by atoms with Gasteiger partial charge in [0.2, 0.25) is 0 Å². The maximum Gasteiger partial charge on any atom is 0.127 e. The lowest BCUT2D eigenvalue weighted by Gasteiger charge is -2.43. The minimum absolute atomic E-state index is 0.0619. The molecule has 2 N–H and O–H groups in total. The largest absolute Gasteiger partial charge is 0.491 e. The topological polar surface area (TPSA) is 58.9 Å². The van der Waals surface area contributed by atoms with Crippen LogP contribution in [0.5, 0.6) is 11.5 Å². The van der Waals surface area contributed by atoms with Crippen molar-refractivity contribution in [2.45, 2.75) is 11.8 Å². The third-order valence-electron chi connectivity index (χ3n) is 8.92. The molecule has 0 saturated carbocycles. The average Bonchev–Trinajstić information content (AvgIpc) is 3.13. The molecule has 0 heterocycles. The molecule has 46 heavy (non-hydrogen) atoms. The Morgan fingerprint density at radius 1 is 0.478 bits per heavy atom. The molecular weight excluding hydrogens is 568 g/mol. The third kappa shape index (κ3) is 5.26. The first-order valence-corrected chi connectivity index (χ1v) is 15.8. The van der Waals surface area contributed by atoms with E-state index in [2.05, 4.69) is 97.1 Å². The fourth-order valence-electron chi connectivity index (χ4n) is 7.00. The van der Waals surface area contributed by atoms with Crippen molar-refractivity contribution < 1.29 is 19.7 Å². The SMILES string of the molecule is OCCOc1ccc(C2(c3ccc(OCCO)c(-c4ccccc4)c3)c3ccccc3Cc3ccccc32)cc1-c1ccccc1. The lowest BCUT2D eigenvalue weighted by Crippen LogP contribution is -2.36. The molecule has 0 saturated heterocycles. The van der Waals surface area contributed by atoms with E-state index in [0.717, 1.165) is 51.3 Å². The van der Waals surface area contributed by atoms with Crippen LogP contribution in [0, 0.1) is 0 Å². The zero-order valence-corrected chi connectivity index (χ0v) is 25.6. The molecule has 6 aromatic carbocycles. The summed E-state index contributed by atoms with van der Waals surface area (Å²) in [6.07, 6.45) is 0.848. The van der Waals surface area contributed by atoms with Gasteiger partial charge in [0.1, 0.15) is 24.7 Å². The van der Waals surface area contributed by atoms with Gasteiger partial charge in [0, 0.05) is 11.1 Å². The molecule has 1 aliphatic rings. The quantitative estimate of drug-likeness (QED) is 0.166. The highest BCUT2D eigenvalue weighted by molar-refractivity contribution is 5.78. The van der Waals surface area contributed by atoms with Gasteiger partial charge in [-0.3, -0.25) is 0 Å². The van der Waals surface area contributed by atoms with Crippen LogP contribution in [0.2, 0.25) is 0 Å². The van der Waals surface area contributed by atoms with E-state index in [0.29, 0.717) is 0 Å². The molecule has 6 aromatic rings. The highest BCUT2D eigenvalue weighted by Gasteiger charge is 2.44. The summed E-state index contributed by atoms with van der Waals surface area (Å²) in [6, 6.07) is 51.1. The summed E-state index contributed by atoms with van der Waals surface area (Å²) >= 11 is 0. The van der Waals surface area contributed by atoms with Gasteiger partial charge in [-0.25, -0.2) is 0 Å². The molecule has 0 amide bonds. The first-order valence-electron chi connectivity index (χ1n) is 15.8. The Balaban J connectivity index is 1.57. The van der Waals surface area contributed by atoms with Crippen molar-refractivity contribution >= 4 is 0 Å². The Kier molecular flexibility index (Phi) is 8.39. The zero-order chi connectivity index (χ0) is 31.3. The summed E-state index contributed by atoms with van der Waals surface area (Å²) in [5, 5.41) is 19.2. The predicted molar refractivity (Wildman–Crippen MR) is 184 cm³/mol. The molecule has 0 aromatic heterocycles. The minimum Gasteiger partial charge on any atom is -0.491 e.